The van der Waals surface area contributed by atoms with Crippen LogP contribution in [0.25, 0.3) is 0 Å². The molecule has 106 valence electrons. The highest BCUT2D eigenvalue weighted by molar-refractivity contribution is 7.15. The number of hydrogen-bond donors (Lipinski definition) is 2. The zero-order valence-electron chi connectivity index (χ0n) is 11.7. The minimum atomic E-state index is -0.0297. The highest BCUT2D eigenvalue weighted by Gasteiger charge is 2.09. The molecule has 1 amide bonds. The molecule has 0 saturated carbocycles. The summed E-state index contributed by atoms with van der Waals surface area (Å²) in [5.41, 5.74) is 7.59. The second kappa shape index (κ2) is 6.52. The third-order valence-corrected chi connectivity index (χ3v) is 4.23. The molecular formula is C15H19N3OS. The zero-order valence-corrected chi connectivity index (χ0v) is 12.5. The summed E-state index contributed by atoms with van der Waals surface area (Å²) in [6.07, 6.45) is 2.87. The van der Waals surface area contributed by atoms with Gasteiger partial charge in [-0.2, -0.15) is 0 Å². The highest BCUT2D eigenvalue weighted by atomic mass is 32.1. The van der Waals surface area contributed by atoms with Gasteiger partial charge >= 0.3 is 0 Å². The Morgan fingerprint density at radius 2 is 2.15 bits per heavy atom. The van der Waals surface area contributed by atoms with Crippen LogP contribution in [0.5, 0.6) is 0 Å². The van der Waals surface area contributed by atoms with Crippen molar-refractivity contribution in [2.45, 2.75) is 32.6 Å². The van der Waals surface area contributed by atoms with E-state index in [1.807, 2.05) is 30.5 Å². The Hall–Kier alpha value is -1.88. The first kappa shape index (κ1) is 14.5. The predicted octanol–water partition coefficient (Wildman–Crippen LogP) is 3.42. The summed E-state index contributed by atoms with van der Waals surface area (Å²) in [5.74, 6) is 0.403. The number of hydrogen-bond acceptors (Lipinski definition) is 4. The van der Waals surface area contributed by atoms with E-state index in [2.05, 4.69) is 24.1 Å². The van der Waals surface area contributed by atoms with E-state index < -0.39 is 0 Å². The van der Waals surface area contributed by atoms with Crippen molar-refractivity contribution in [3.05, 3.63) is 40.9 Å². The predicted molar refractivity (Wildman–Crippen MR) is 84.0 cm³/mol. The first-order valence-electron chi connectivity index (χ1n) is 6.65. The fourth-order valence-electron chi connectivity index (χ4n) is 1.80. The number of benzene rings is 1. The van der Waals surface area contributed by atoms with Crippen LogP contribution >= 0.6 is 11.3 Å². The van der Waals surface area contributed by atoms with E-state index in [-0.39, 0.29) is 5.91 Å². The number of nitrogen functional groups attached to an aromatic ring is 1. The van der Waals surface area contributed by atoms with Gasteiger partial charge in [0.05, 0.1) is 0 Å². The summed E-state index contributed by atoms with van der Waals surface area (Å²) < 4.78 is 0. The molecule has 5 heteroatoms. The summed E-state index contributed by atoms with van der Waals surface area (Å²) in [5, 5.41) is 3.50. The van der Waals surface area contributed by atoms with Crippen LogP contribution < -0.4 is 11.1 Å². The maximum atomic E-state index is 11.9. The van der Waals surface area contributed by atoms with Crippen molar-refractivity contribution in [2.24, 2.45) is 0 Å². The molecule has 1 aromatic heterocycles. The van der Waals surface area contributed by atoms with E-state index >= 15 is 0 Å². The lowest BCUT2D eigenvalue weighted by atomic mass is 10.1. The molecule has 0 atom stereocenters. The number of anilines is 2. The fraction of sp³-hybridized carbons (Fsp3) is 0.333. The average Bonchev–Trinajstić information content (AvgIpc) is 2.86. The van der Waals surface area contributed by atoms with Crippen LogP contribution in [0, 0.1) is 0 Å². The van der Waals surface area contributed by atoms with Gasteiger partial charge in [-0.15, -0.1) is 11.3 Å². The number of carbonyl (C=O) groups is 1. The minimum Gasteiger partial charge on any atom is -0.399 e. The normalized spacial score (nSPS) is 10.8. The van der Waals surface area contributed by atoms with E-state index in [0.29, 0.717) is 23.9 Å². The molecule has 0 aliphatic rings. The lowest BCUT2D eigenvalue weighted by Crippen LogP contribution is -2.12. The second-order valence-electron chi connectivity index (χ2n) is 4.97. The fourth-order valence-corrected chi connectivity index (χ4v) is 2.64. The van der Waals surface area contributed by atoms with E-state index in [1.54, 1.807) is 0 Å². The smallest absolute Gasteiger partial charge is 0.226 e. The van der Waals surface area contributed by atoms with E-state index in [9.17, 15) is 4.79 Å². The quantitative estimate of drug-likeness (QED) is 0.829. The van der Waals surface area contributed by atoms with Gasteiger partial charge in [0.2, 0.25) is 5.91 Å². The number of para-hydroxylation sites is 1. The Morgan fingerprint density at radius 3 is 2.80 bits per heavy atom. The van der Waals surface area contributed by atoms with E-state index in [1.165, 1.54) is 16.2 Å². The number of nitrogens with one attached hydrogen (secondary N) is 1. The van der Waals surface area contributed by atoms with Gasteiger partial charge in [-0.25, -0.2) is 4.98 Å². The molecule has 1 aromatic carbocycles. The Kier molecular flexibility index (Phi) is 4.74. The van der Waals surface area contributed by atoms with Gasteiger partial charge < -0.3 is 11.1 Å². The largest absolute Gasteiger partial charge is 0.399 e. The lowest BCUT2D eigenvalue weighted by molar-refractivity contribution is -0.116. The van der Waals surface area contributed by atoms with Crippen molar-refractivity contribution in [1.82, 2.24) is 4.98 Å². The summed E-state index contributed by atoms with van der Waals surface area (Å²) in [4.78, 5) is 17.3. The SMILES string of the molecule is CC(C)c1cnc(NC(=O)CCc2ccccc2N)s1. The van der Waals surface area contributed by atoms with Crippen molar-refractivity contribution in [2.75, 3.05) is 11.1 Å². The molecule has 0 saturated heterocycles. The van der Waals surface area contributed by atoms with E-state index in [0.717, 1.165) is 11.3 Å². The summed E-state index contributed by atoms with van der Waals surface area (Å²) in [6, 6.07) is 7.62. The molecule has 0 bridgehead atoms. The van der Waals surface area contributed by atoms with E-state index in [4.69, 9.17) is 5.73 Å². The number of amides is 1. The van der Waals surface area contributed by atoms with Crippen LogP contribution in [0.4, 0.5) is 10.8 Å². The van der Waals surface area contributed by atoms with Crippen LogP contribution in [-0.4, -0.2) is 10.9 Å². The number of nitrogens with zero attached hydrogens (tertiary/aromatic N) is 1. The van der Waals surface area contributed by atoms with Gasteiger partial charge in [-0.05, 0) is 24.0 Å². The van der Waals surface area contributed by atoms with Crippen molar-refractivity contribution in [3.63, 3.8) is 0 Å². The maximum absolute atomic E-state index is 11.9. The van der Waals surface area contributed by atoms with Crippen LogP contribution in [0.15, 0.2) is 30.5 Å². The Balaban J connectivity index is 1.88. The second-order valence-corrected chi connectivity index (χ2v) is 6.03. The first-order valence-corrected chi connectivity index (χ1v) is 7.47. The number of aryl methyl sites for hydroxylation is 1. The van der Waals surface area contributed by atoms with Crippen LogP contribution in [0.1, 0.15) is 36.6 Å². The summed E-state index contributed by atoms with van der Waals surface area (Å²) in [6.45, 7) is 4.22. The molecule has 0 aliphatic heterocycles. The highest BCUT2D eigenvalue weighted by Crippen LogP contribution is 2.25. The Bertz CT molecular complexity index is 592. The number of nitrogens with two attached hydrogens (primary N) is 1. The van der Waals surface area contributed by atoms with Gasteiger partial charge in [0, 0.05) is 23.2 Å². The van der Waals surface area contributed by atoms with Crippen LogP contribution in [-0.2, 0) is 11.2 Å². The van der Waals surface area contributed by atoms with Crippen molar-refractivity contribution < 1.29 is 4.79 Å². The standard InChI is InChI=1S/C15H19N3OS/c1-10(2)13-9-17-15(20-13)18-14(19)8-7-11-5-3-4-6-12(11)16/h3-6,9-10H,7-8,16H2,1-2H3,(H,17,18,19). The van der Waals surface area contributed by atoms with Gasteiger partial charge in [-0.3, -0.25) is 4.79 Å². The van der Waals surface area contributed by atoms with Crippen LogP contribution in [0.3, 0.4) is 0 Å². The van der Waals surface area contributed by atoms with Crippen LogP contribution in [0.2, 0.25) is 0 Å². The molecule has 3 N–H and O–H groups in total. The molecule has 20 heavy (non-hydrogen) atoms. The minimum absolute atomic E-state index is 0.0297. The van der Waals surface area contributed by atoms with Crippen molar-refractivity contribution in [1.29, 1.82) is 0 Å². The molecule has 0 spiro atoms. The first-order chi connectivity index (χ1) is 9.56. The van der Waals surface area contributed by atoms with Crippen molar-refractivity contribution >= 4 is 28.1 Å². The number of thiazole rings is 1. The van der Waals surface area contributed by atoms with Gasteiger partial charge in [0.25, 0.3) is 0 Å². The topological polar surface area (TPSA) is 68.0 Å². The monoisotopic (exact) mass is 289 g/mol. The number of rotatable bonds is 5. The maximum Gasteiger partial charge on any atom is 0.226 e. The Morgan fingerprint density at radius 1 is 1.40 bits per heavy atom. The van der Waals surface area contributed by atoms with Gasteiger partial charge in [-0.1, -0.05) is 32.0 Å². The molecule has 1 heterocycles. The molecular weight excluding hydrogens is 270 g/mol. The van der Waals surface area contributed by atoms with Crippen molar-refractivity contribution in [3.8, 4) is 0 Å². The average molecular weight is 289 g/mol. The zero-order chi connectivity index (χ0) is 14.5. The third kappa shape index (κ3) is 3.81. The third-order valence-electron chi connectivity index (χ3n) is 3.02. The molecule has 4 nitrogen and oxygen atoms in total. The molecule has 0 fully saturated rings. The molecule has 2 rings (SSSR count). The number of aromatic nitrogens is 1. The summed E-state index contributed by atoms with van der Waals surface area (Å²) in [7, 11) is 0. The lowest BCUT2D eigenvalue weighted by Gasteiger charge is -2.05. The van der Waals surface area contributed by atoms with Gasteiger partial charge in [0.15, 0.2) is 5.13 Å². The number of carbonyl (C=O) groups excluding carboxylic acids is 1. The molecule has 0 aliphatic carbocycles. The van der Waals surface area contributed by atoms with Gasteiger partial charge in [0.1, 0.15) is 0 Å². The summed E-state index contributed by atoms with van der Waals surface area (Å²) >= 11 is 1.53. The molecule has 0 unspecified atom stereocenters. The molecule has 0 radical (unpaired) electrons. The molecule has 2 aromatic rings. The Labute approximate surface area is 123 Å².